The Kier molecular flexibility index (Phi) is 7.78. The molecule has 0 fully saturated rings. The summed E-state index contributed by atoms with van der Waals surface area (Å²) in [6, 6.07) is 4.87. The number of thiophene rings is 1. The maximum absolute atomic E-state index is 6.09. The van der Waals surface area contributed by atoms with Crippen LogP contribution in [0.3, 0.4) is 0 Å². The van der Waals surface area contributed by atoms with E-state index in [1.807, 2.05) is 11.3 Å². The summed E-state index contributed by atoms with van der Waals surface area (Å²) < 4.78 is 0. The molecule has 1 rings (SSSR count). The number of nitrogens with two attached hydrogens (primary N) is 1. The molecule has 0 amide bonds. The molecule has 0 aliphatic carbocycles. The lowest BCUT2D eigenvalue weighted by atomic mass is 10.1. The minimum atomic E-state index is 0.395. The van der Waals surface area contributed by atoms with Crippen molar-refractivity contribution in [3.63, 3.8) is 0 Å². The molecule has 0 aromatic carbocycles. The maximum atomic E-state index is 6.09. The highest BCUT2D eigenvalue weighted by Gasteiger charge is 2.20. The Hall–Kier alpha value is -0.380. The second kappa shape index (κ2) is 8.81. The Morgan fingerprint density at radius 3 is 1.95 bits per heavy atom. The Labute approximate surface area is 129 Å². The van der Waals surface area contributed by atoms with Gasteiger partial charge in [-0.15, -0.1) is 11.3 Å². The standard InChI is InChI=1S/C17H32N2S/c1-13(2)8-10-19(11-9-14(3)4)16(12-18)17-7-6-15(5)20-17/h6-7,13-14,16H,8-12,18H2,1-5H3. The predicted octanol–water partition coefficient (Wildman–Crippen LogP) is 4.45. The van der Waals surface area contributed by atoms with E-state index in [1.165, 1.54) is 22.6 Å². The van der Waals surface area contributed by atoms with Crippen LogP contribution in [0.15, 0.2) is 12.1 Å². The van der Waals surface area contributed by atoms with E-state index in [-0.39, 0.29) is 0 Å². The van der Waals surface area contributed by atoms with E-state index in [4.69, 9.17) is 5.73 Å². The van der Waals surface area contributed by atoms with Crippen molar-refractivity contribution in [2.24, 2.45) is 17.6 Å². The molecule has 0 aliphatic heterocycles. The lowest BCUT2D eigenvalue weighted by molar-refractivity contribution is 0.183. The number of nitrogens with zero attached hydrogens (tertiary/aromatic N) is 1. The molecule has 0 radical (unpaired) electrons. The topological polar surface area (TPSA) is 29.3 Å². The molecule has 116 valence electrons. The SMILES string of the molecule is Cc1ccc(C(CN)N(CCC(C)C)CCC(C)C)s1. The summed E-state index contributed by atoms with van der Waals surface area (Å²) in [6.45, 7) is 14.4. The van der Waals surface area contributed by atoms with Gasteiger partial charge >= 0.3 is 0 Å². The lowest BCUT2D eigenvalue weighted by Gasteiger charge is -2.31. The third-order valence-corrected chi connectivity index (χ3v) is 4.84. The smallest absolute Gasteiger partial charge is 0.0564 e. The Bertz CT molecular complexity index is 359. The van der Waals surface area contributed by atoms with Crippen LogP contribution in [0, 0.1) is 18.8 Å². The predicted molar refractivity (Wildman–Crippen MR) is 91.3 cm³/mol. The molecular weight excluding hydrogens is 264 g/mol. The van der Waals surface area contributed by atoms with Crippen molar-refractivity contribution in [2.75, 3.05) is 19.6 Å². The molecule has 1 aromatic heterocycles. The Morgan fingerprint density at radius 1 is 1.05 bits per heavy atom. The van der Waals surface area contributed by atoms with Gasteiger partial charge in [0, 0.05) is 16.3 Å². The number of rotatable bonds is 9. The summed E-state index contributed by atoms with van der Waals surface area (Å²) in [5.41, 5.74) is 6.09. The Morgan fingerprint density at radius 2 is 1.60 bits per heavy atom. The second-order valence-electron chi connectivity index (χ2n) is 6.60. The van der Waals surface area contributed by atoms with E-state index in [0.717, 1.165) is 31.5 Å². The van der Waals surface area contributed by atoms with Gasteiger partial charge in [0.05, 0.1) is 6.04 Å². The summed E-state index contributed by atoms with van der Waals surface area (Å²) in [4.78, 5) is 5.41. The summed E-state index contributed by atoms with van der Waals surface area (Å²) >= 11 is 1.90. The molecule has 2 nitrogen and oxygen atoms in total. The monoisotopic (exact) mass is 296 g/mol. The number of hydrogen-bond acceptors (Lipinski definition) is 3. The first kappa shape index (κ1) is 17.7. The third-order valence-electron chi connectivity index (χ3n) is 3.74. The first-order valence-electron chi connectivity index (χ1n) is 7.94. The largest absolute Gasteiger partial charge is 0.329 e. The summed E-state index contributed by atoms with van der Waals surface area (Å²) in [7, 11) is 0. The first-order chi connectivity index (χ1) is 9.43. The molecule has 3 heteroatoms. The fourth-order valence-corrected chi connectivity index (χ4v) is 3.37. The van der Waals surface area contributed by atoms with Crippen molar-refractivity contribution in [3.05, 3.63) is 21.9 Å². The van der Waals surface area contributed by atoms with Crippen LogP contribution in [0.4, 0.5) is 0 Å². The fraction of sp³-hybridized carbons (Fsp3) is 0.765. The van der Waals surface area contributed by atoms with Gasteiger partial charge in [-0.25, -0.2) is 0 Å². The zero-order chi connectivity index (χ0) is 15.1. The van der Waals surface area contributed by atoms with Crippen LogP contribution < -0.4 is 5.73 Å². The van der Waals surface area contributed by atoms with Crippen LogP contribution in [0.2, 0.25) is 0 Å². The maximum Gasteiger partial charge on any atom is 0.0564 e. The van der Waals surface area contributed by atoms with E-state index in [0.29, 0.717) is 6.04 Å². The molecule has 20 heavy (non-hydrogen) atoms. The minimum absolute atomic E-state index is 0.395. The van der Waals surface area contributed by atoms with Crippen LogP contribution in [0.1, 0.15) is 56.3 Å². The average Bonchev–Trinajstić information content (AvgIpc) is 2.78. The zero-order valence-corrected chi connectivity index (χ0v) is 14.7. The molecule has 1 unspecified atom stereocenters. The molecule has 0 bridgehead atoms. The highest BCUT2D eigenvalue weighted by molar-refractivity contribution is 7.12. The number of aryl methyl sites for hydroxylation is 1. The molecular formula is C17H32N2S. The average molecular weight is 297 g/mol. The van der Waals surface area contributed by atoms with Gasteiger partial charge in [-0.2, -0.15) is 0 Å². The molecule has 0 saturated carbocycles. The van der Waals surface area contributed by atoms with Crippen molar-refractivity contribution in [3.8, 4) is 0 Å². The van der Waals surface area contributed by atoms with Gasteiger partial charge in [0.15, 0.2) is 0 Å². The highest BCUT2D eigenvalue weighted by atomic mass is 32.1. The van der Waals surface area contributed by atoms with Crippen LogP contribution in [-0.2, 0) is 0 Å². The van der Waals surface area contributed by atoms with Crippen molar-refractivity contribution in [1.29, 1.82) is 0 Å². The van der Waals surface area contributed by atoms with Crippen LogP contribution >= 0.6 is 11.3 Å². The molecule has 1 aromatic rings. The van der Waals surface area contributed by atoms with Crippen molar-refractivity contribution < 1.29 is 0 Å². The molecule has 0 spiro atoms. The lowest BCUT2D eigenvalue weighted by Crippen LogP contribution is -2.35. The zero-order valence-electron chi connectivity index (χ0n) is 13.9. The van der Waals surface area contributed by atoms with Crippen molar-refractivity contribution in [1.82, 2.24) is 4.90 Å². The van der Waals surface area contributed by atoms with Gasteiger partial charge in [-0.1, -0.05) is 27.7 Å². The number of hydrogen-bond donors (Lipinski definition) is 1. The van der Waals surface area contributed by atoms with E-state index in [9.17, 15) is 0 Å². The summed E-state index contributed by atoms with van der Waals surface area (Å²) in [5.74, 6) is 1.50. The summed E-state index contributed by atoms with van der Waals surface area (Å²) in [6.07, 6.45) is 2.50. The summed E-state index contributed by atoms with van der Waals surface area (Å²) in [5, 5.41) is 0. The van der Waals surface area contributed by atoms with E-state index >= 15 is 0 Å². The van der Waals surface area contributed by atoms with Crippen molar-refractivity contribution >= 4 is 11.3 Å². The minimum Gasteiger partial charge on any atom is -0.329 e. The van der Waals surface area contributed by atoms with Gasteiger partial charge in [0.25, 0.3) is 0 Å². The Balaban J connectivity index is 2.75. The van der Waals surface area contributed by atoms with Crippen molar-refractivity contribution in [2.45, 2.75) is 53.5 Å². The second-order valence-corrected chi connectivity index (χ2v) is 7.92. The highest BCUT2D eigenvalue weighted by Crippen LogP contribution is 2.28. The molecule has 1 atom stereocenters. The van der Waals surface area contributed by atoms with E-state index < -0.39 is 0 Å². The van der Waals surface area contributed by atoms with Crippen LogP contribution in [-0.4, -0.2) is 24.5 Å². The van der Waals surface area contributed by atoms with Crippen LogP contribution in [0.5, 0.6) is 0 Å². The van der Waals surface area contributed by atoms with Gasteiger partial charge in [0.1, 0.15) is 0 Å². The molecule has 2 N–H and O–H groups in total. The molecule has 0 aliphatic rings. The van der Waals surface area contributed by atoms with Crippen LogP contribution in [0.25, 0.3) is 0 Å². The van der Waals surface area contributed by atoms with Gasteiger partial charge in [0.2, 0.25) is 0 Å². The third kappa shape index (κ3) is 5.94. The van der Waals surface area contributed by atoms with E-state index in [1.54, 1.807) is 0 Å². The normalized spacial score (nSPS) is 13.7. The van der Waals surface area contributed by atoms with E-state index in [2.05, 4.69) is 51.7 Å². The van der Waals surface area contributed by atoms with Gasteiger partial charge < -0.3 is 5.73 Å². The molecule has 0 saturated heterocycles. The molecule has 1 heterocycles. The first-order valence-corrected chi connectivity index (χ1v) is 8.76. The quantitative estimate of drug-likeness (QED) is 0.729. The fourth-order valence-electron chi connectivity index (χ4n) is 2.35. The van der Waals surface area contributed by atoms with Gasteiger partial charge in [-0.05, 0) is 56.8 Å². The van der Waals surface area contributed by atoms with Gasteiger partial charge in [-0.3, -0.25) is 4.90 Å².